The fourth-order valence-corrected chi connectivity index (χ4v) is 5.47. The number of methoxy groups -OCH3 is 1. The number of nitrogens with zero attached hydrogens (tertiary/aromatic N) is 2. The molecule has 3 aromatic rings. The molecule has 4 aliphatic rings. The number of anilines is 1. The molecule has 1 saturated carbocycles. The molecule has 0 spiro atoms. The van der Waals surface area contributed by atoms with Crippen LogP contribution in [0.15, 0.2) is 35.1 Å². The van der Waals surface area contributed by atoms with Crippen molar-refractivity contribution < 1.29 is 19.0 Å². The van der Waals surface area contributed by atoms with Gasteiger partial charge in [0, 0.05) is 29.1 Å². The Balaban J connectivity index is 1.07. The van der Waals surface area contributed by atoms with Crippen molar-refractivity contribution in [3.8, 4) is 11.6 Å². The minimum absolute atomic E-state index is 0.0240. The summed E-state index contributed by atoms with van der Waals surface area (Å²) < 4.78 is 17.0. The third-order valence-electron chi connectivity index (χ3n) is 7.76. The number of aromatic amines is 1. The molecule has 6 heterocycles. The number of hydrogen-bond acceptors (Lipinski definition) is 8. The lowest BCUT2D eigenvalue weighted by atomic mass is 9.69. The molecule has 36 heavy (non-hydrogen) atoms. The molecule has 1 aliphatic carbocycles. The number of fused-ring (bicyclic) bond motifs is 5. The van der Waals surface area contributed by atoms with Crippen molar-refractivity contribution in [1.29, 1.82) is 0 Å². The molecule has 2 bridgehead atoms. The fourth-order valence-electron chi connectivity index (χ4n) is 5.47. The van der Waals surface area contributed by atoms with E-state index in [0.717, 1.165) is 48.7 Å². The maximum atomic E-state index is 12.7. The zero-order valence-corrected chi connectivity index (χ0v) is 20.2. The predicted octanol–water partition coefficient (Wildman–Crippen LogP) is 2.46. The summed E-state index contributed by atoms with van der Waals surface area (Å²) in [5.74, 6) is 1.36. The van der Waals surface area contributed by atoms with Gasteiger partial charge in [-0.25, -0.2) is 4.98 Å². The van der Waals surface area contributed by atoms with Crippen LogP contribution in [0.25, 0.3) is 11.0 Å². The van der Waals surface area contributed by atoms with E-state index in [1.807, 2.05) is 24.3 Å². The Bertz CT molecular complexity index is 1360. The quantitative estimate of drug-likeness (QED) is 0.460. The summed E-state index contributed by atoms with van der Waals surface area (Å²) in [6.07, 6.45) is 5.39. The SMILES string of the molecule is COc1ccc2cc(CCC34CCC(NCc5ccc6c(n5)NC(=O)CO6)(CC3)CO4)c(=O)[nH]c2n1. The summed E-state index contributed by atoms with van der Waals surface area (Å²) in [5, 5.41) is 7.32. The van der Waals surface area contributed by atoms with Crippen LogP contribution >= 0.6 is 0 Å². The number of hydrogen-bond donors (Lipinski definition) is 3. The van der Waals surface area contributed by atoms with Crippen molar-refractivity contribution in [2.24, 2.45) is 0 Å². The first kappa shape index (κ1) is 22.9. The maximum Gasteiger partial charge on any atom is 0.263 e. The van der Waals surface area contributed by atoms with Crippen molar-refractivity contribution in [3.05, 3.63) is 51.9 Å². The summed E-state index contributed by atoms with van der Waals surface area (Å²) in [6, 6.07) is 9.40. The van der Waals surface area contributed by atoms with Gasteiger partial charge in [-0.2, -0.15) is 4.98 Å². The van der Waals surface area contributed by atoms with E-state index >= 15 is 0 Å². The van der Waals surface area contributed by atoms with E-state index in [1.165, 1.54) is 0 Å². The average Bonchev–Trinajstić information content (AvgIpc) is 2.91. The molecule has 3 aromatic heterocycles. The number of pyridine rings is 3. The predicted molar refractivity (Wildman–Crippen MR) is 132 cm³/mol. The van der Waals surface area contributed by atoms with E-state index in [9.17, 15) is 9.59 Å². The van der Waals surface area contributed by atoms with Gasteiger partial charge >= 0.3 is 0 Å². The summed E-state index contributed by atoms with van der Waals surface area (Å²) in [5.41, 5.74) is 1.76. The number of carbonyl (C=O) groups is 1. The van der Waals surface area contributed by atoms with Crippen molar-refractivity contribution in [2.75, 3.05) is 25.6 Å². The number of H-pyrrole nitrogens is 1. The van der Waals surface area contributed by atoms with E-state index in [2.05, 4.69) is 25.6 Å². The second-order valence-corrected chi connectivity index (χ2v) is 10.0. The van der Waals surface area contributed by atoms with E-state index < -0.39 is 0 Å². The smallest absolute Gasteiger partial charge is 0.263 e. The van der Waals surface area contributed by atoms with Crippen LogP contribution in [0, 0.1) is 0 Å². The Kier molecular flexibility index (Phi) is 5.65. The zero-order valence-electron chi connectivity index (χ0n) is 20.2. The van der Waals surface area contributed by atoms with Gasteiger partial charge in [0.25, 0.3) is 11.5 Å². The van der Waals surface area contributed by atoms with E-state index in [-0.39, 0.29) is 29.2 Å². The molecule has 3 N–H and O–H groups in total. The highest BCUT2D eigenvalue weighted by Gasteiger charge is 2.49. The Morgan fingerprint density at radius 1 is 1.11 bits per heavy atom. The molecular formula is C26H29N5O5. The van der Waals surface area contributed by atoms with Crippen molar-refractivity contribution in [3.63, 3.8) is 0 Å². The number of ether oxygens (including phenoxy) is 3. The number of rotatable bonds is 7. The van der Waals surface area contributed by atoms with Gasteiger partial charge in [0.15, 0.2) is 18.2 Å². The van der Waals surface area contributed by atoms with Crippen LogP contribution in [0.1, 0.15) is 43.4 Å². The van der Waals surface area contributed by atoms with E-state index in [4.69, 9.17) is 14.2 Å². The highest BCUT2D eigenvalue weighted by molar-refractivity contribution is 5.94. The van der Waals surface area contributed by atoms with Gasteiger partial charge in [-0.3, -0.25) is 9.59 Å². The third kappa shape index (κ3) is 4.31. The number of nitrogens with one attached hydrogen (secondary N) is 3. The van der Waals surface area contributed by atoms with E-state index in [0.29, 0.717) is 42.7 Å². The molecule has 3 aliphatic heterocycles. The first-order chi connectivity index (χ1) is 17.4. The maximum absolute atomic E-state index is 12.7. The molecule has 0 unspecified atom stereocenters. The fraction of sp³-hybridized carbons (Fsp3) is 0.462. The summed E-state index contributed by atoms with van der Waals surface area (Å²) in [6.45, 7) is 1.25. The van der Waals surface area contributed by atoms with Crippen LogP contribution in [-0.4, -0.2) is 52.3 Å². The molecule has 10 nitrogen and oxygen atoms in total. The number of aromatic nitrogens is 3. The van der Waals surface area contributed by atoms with Crippen LogP contribution in [0.2, 0.25) is 0 Å². The monoisotopic (exact) mass is 491 g/mol. The lowest BCUT2D eigenvalue weighted by Crippen LogP contribution is -2.61. The van der Waals surface area contributed by atoms with Gasteiger partial charge in [0.05, 0.1) is 25.0 Å². The molecule has 0 atom stereocenters. The van der Waals surface area contributed by atoms with Gasteiger partial charge in [0.1, 0.15) is 5.65 Å². The van der Waals surface area contributed by atoms with E-state index in [1.54, 1.807) is 13.2 Å². The Morgan fingerprint density at radius 2 is 1.97 bits per heavy atom. The minimum Gasteiger partial charge on any atom is -0.481 e. The topological polar surface area (TPSA) is 127 Å². The molecule has 7 rings (SSSR count). The Morgan fingerprint density at radius 3 is 2.75 bits per heavy atom. The average molecular weight is 492 g/mol. The molecule has 10 heteroatoms. The summed E-state index contributed by atoms with van der Waals surface area (Å²) >= 11 is 0. The third-order valence-corrected chi connectivity index (χ3v) is 7.76. The molecule has 1 amide bonds. The van der Waals surface area contributed by atoms with Crippen LogP contribution in [0.5, 0.6) is 11.6 Å². The highest BCUT2D eigenvalue weighted by atomic mass is 16.5. The number of carbonyl (C=O) groups excluding carboxylic acids is 1. The van der Waals surface area contributed by atoms with Gasteiger partial charge in [0.2, 0.25) is 5.88 Å². The number of amides is 1. The molecular weight excluding hydrogens is 462 g/mol. The van der Waals surface area contributed by atoms with Gasteiger partial charge in [-0.1, -0.05) is 0 Å². The normalized spacial score (nSPS) is 24.8. The van der Waals surface area contributed by atoms with Gasteiger partial charge < -0.3 is 29.8 Å². The standard InChI is InChI=1S/C26H29N5O5/c1-34-21-5-2-16-12-17(24(33)31-22(16)30-21)6-7-26-10-8-25(9-11-26,15-36-26)27-13-18-3-4-19-23(28-18)29-20(32)14-35-19/h2-5,12,27H,6-11,13-15H2,1H3,(H,28,29,32)(H,30,31,33). The molecule has 0 aromatic carbocycles. The van der Waals surface area contributed by atoms with Crippen LogP contribution in [0.4, 0.5) is 5.82 Å². The Labute approximate surface area is 207 Å². The van der Waals surface area contributed by atoms with Crippen molar-refractivity contribution in [1.82, 2.24) is 20.3 Å². The second-order valence-electron chi connectivity index (χ2n) is 10.0. The van der Waals surface area contributed by atoms with Gasteiger partial charge in [-0.15, -0.1) is 0 Å². The van der Waals surface area contributed by atoms with Crippen molar-refractivity contribution in [2.45, 2.75) is 56.2 Å². The second kappa shape index (κ2) is 8.86. The first-order valence-electron chi connectivity index (χ1n) is 12.3. The van der Waals surface area contributed by atoms with Crippen molar-refractivity contribution >= 4 is 22.8 Å². The molecule has 2 saturated heterocycles. The Hall–Kier alpha value is -3.50. The first-order valence-corrected chi connectivity index (χ1v) is 12.3. The molecule has 0 radical (unpaired) electrons. The summed E-state index contributed by atoms with van der Waals surface area (Å²) in [4.78, 5) is 36.0. The molecule has 188 valence electrons. The zero-order chi connectivity index (χ0) is 24.8. The largest absolute Gasteiger partial charge is 0.481 e. The van der Waals surface area contributed by atoms with Crippen LogP contribution in [0.3, 0.4) is 0 Å². The van der Waals surface area contributed by atoms with Gasteiger partial charge in [-0.05, 0) is 62.8 Å². The molecule has 3 fully saturated rings. The highest BCUT2D eigenvalue weighted by Crippen LogP contribution is 2.46. The summed E-state index contributed by atoms with van der Waals surface area (Å²) in [7, 11) is 1.56. The van der Waals surface area contributed by atoms with Crippen LogP contribution < -0.4 is 25.7 Å². The number of aryl methyl sites for hydroxylation is 1. The lowest BCUT2D eigenvalue weighted by Gasteiger charge is -2.53. The van der Waals surface area contributed by atoms with Crippen LogP contribution in [-0.2, 0) is 22.5 Å². The minimum atomic E-state index is -0.189. The lowest BCUT2D eigenvalue weighted by molar-refractivity contribution is -0.165.